The maximum Gasteiger partial charge on any atom is 0.0346 e. The van der Waals surface area contributed by atoms with Crippen molar-refractivity contribution < 1.29 is 0 Å². The number of nitrogens with zero attached hydrogens (tertiary/aromatic N) is 1. The number of fused-ring (bicyclic) bond motifs is 1. The molecule has 0 aliphatic heterocycles. The van der Waals surface area contributed by atoms with Gasteiger partial charge in [-0.3, -0.25) is 4.98 Å². The van der Waals surface area contributed by atoms with Crippen LogP contribution in [0.15, 0.2) is 42.7 Å². The fraction of sp³-hybridized carbons (Fsp3) is 0.438. The fourth-order valence-electron chi connectivity index (χ4n) is 1.03. The number of benzene rings is 1. The molecular formula is C16H25N. The number of aromatic nitrogens is 1. The Balaban J connectivity index is 0.000000315. The zero-order valence-electron chi connectivity index (χ0n) is 11.8. The summed E-state index contributed by atoms with van der Waals surface area (Å²) in [5.41, 5.74) is 0. The van der Waals surface area contributed by atoms with Crippen LogP contribution in [0.4, 0.5) is 0 Å². The molecule has 0 aliphatic carbocycles. The second kappa shape index (κ2) is 9.83. The third-order valence-electron chi connectivity index (χ3n) is 2.37. The summed E-state index contributed by atoms with van der Waals surface area (Å²) in [6.07, 6.45) is 4.98. The lowest BCUT2D eigenvalue weighted by Gasteiger charge is -1.91. The van der Waals surface area contributed by atoms with Gasteiger partial charge in [0.2, 0.25) is 0 Å². The Labute approximate surface area is 106 Å². The lowest BCUT2D eigenvalue weighted by Crippen LogP contribution is -1.77. The van der Waals surface area contributed by atoms with E-state index >= 15 is 0 Å². The first kappa shape index (κ1) is 15.6. The number of pyridine rings is 1. The molecule has 0 saturated heterocycles. The number of rotatable bonds is 1. The van der Waals surface area contributed by atoms with Gasteiger partial charge in [-0.15, -0.1) is 0 Å². The third kappa shape index (κ3) is 6.72. The Bertz CT molecular complexity index is 328. The molecule has 1 heteroatoms. The predicted octanol–water partition coefficient (Wildman–Crippen LogP) is 5.31. The minimum Gasteiger partial charge on any atom is -0.264 e. The van der Waals surface area contributed by atoms with E-state index in [4.69, 9.17) is 0 Å². The van der Waals surface area contributed by atoms with Crippen molar-refractivity contribution in [1.82, 2.24) is 4.98 Å². The van der Waals surface area contributed by atoms with E-state index in [1.54, 1.807) is 0 Å². The molecule has 1 aromatic heterocycles. The molecule has 0 spiro atoms. The molecule has 2 rings (SSSR count). The van der Waals surface area contributed by atoms with Crippen LogP contribution < -0.4 is 0 Å². The van der Waals surface area contributed by atoms with Crippen molar-refractivity contribution >= 4 is 10.8 Å². The van der Waals surface area contributed by atoms with Crippen LogP contribution in [0.5, 0.6) is 0 Å². The Morgan fingerprint density at radius 2 is 1.53 bits per heavy atom. The highest BCUT2D eigenvalue weighted by atomic mass is 14.6. The summed E-state index contributed by atoms with van der Waals surface area (Å²) in [4.78, 5) is 4.01. The maximum absolute atomic E-state index is 4.01. The van der Waals surface area contributed by atoms with Crippen LogP contribution in [0, 0.1) is 5.92 Å². The largest absolute Gasteiger partial charge is 0.264 e. The van der Waals surface area contributed by atoms with E-state index in [0.29, 0.717) is 0 Å². The Kier molecular flexibility index (Phi) is 9.04. The molecule has 94 valence electrons. The van der Waals surface area contributed by atoms with Crippen molar-refractivity contribution in [2.24, 2.45) is 5.92 Å². The number of hydrogen-bond donors (Lipinski definition) is 0. The minimum absolute atomic E-state index is 0.884. The van der Waals surface area contributed by atoms with Gasteiger partial charge in [-0.25, -0.2) is 0 Å². The molecule has 0 radical (unpaired) electrons. The standard InChI is InChI=1S/C9H7N.C5H12.C2H6/c1-2-4-9-7-10-6-5-8(9)3-1;1-4-5(2)3;1-2/h1-7H;5H,4H2,1-3H3;1-2H3. The molecule has 0 N–H and O–H groups in total. The lowest BCUT2D eigenvalue weighted by atomic mass is 10.2. The van der Waals surface area contributed by atoms with Gasteiger partial charge in [0.05, 0.1) is 0 Å². The van der Waals surface area contributed by atoms with E-state index in [1.807, 2.05) is 44.4 Å². The molecule has 0 saturated carbocycles. The Hall–Kier alpha value is -1.37. The molecule has 0 aliphatic rings. The van der Waals surface area contributed by atoms with Crippen LogP contribution in [0.3, 0.4) is 0 Å². The SMILES string of the molecule is CC.CCC(C)C.c1ccc2cnccc2c1. The predicted molar refractivity (Wildman–Crippen MR) is 78.2 cm³/mol. The van der Waals surface area contributed by atoms with E-state index < -0.39 is 0 Å². The van der Waals surface area contributed by atoms with Crippen LogP contribution in [0.1, 0.15) is 41.0 Å². The molecule has 1 heterocycles. The summed E-state index contributed by atoms with van der Waals surface area (Å²) in [5, 5.41) is 2.45. The highest BCUT2D eigenvalue weighted by Crippen LogP contribution is 2.09. The summed E-state index contributed by atoms with van der Waals surface area (Å²) in [7, 11) is 0. The normalized spacial score (nSPS) is 9.06. The summed E-state index contributed by atoms with van der Waals surface area (Å²) < 4.78 is 0. The van der Waals surface area contributed by atoms with Gasteiger partial charge >= 0.3 is 0 Å². The van der Waals surface area contributed by atoms with Crippen molar-refractivity contribution in [3.8, 4) is 0 Å². The van der Waals surface area contributed by atoms with Crippen LogP contribution in [-0.2, 0) is 0 Å². The highest BCUT2D eigenvalue weighted by molar-refractivity contribution is 5.80. The van der Waals surface area contributed by atoms with E-state index in [9.17, 15) is 0 Å². The molecule has 0 amide bonds. The van der Waals surface area contributed by atoms with Gasteiger partial charge in [-0.2, -0.15) is 0 Å². The van der Waals surface area contributed by atoms with Crippen molar-refractivity contribution in [3.63, 3.8) is 0 Å². The first-order valence-corrected chi connectivity index (χ1v) is 6.52. The first-order chi connectivity index (χ1) is 8.24. The van der Waals surface area contributed by atoms with Crippen molar-refractivity contribution in [3.05, 3.63) is 42.7 Å². The van der Waals surface area contributed by atoms with Gasteiger partial charge in [0.1, 0.15) is 0 Å². The lowest BCUT2D eigenvalue weighted by molar-refractivity contribution is 0.626. The fourth-order valence-corrected chi connectivity index (χ4v) is 1.03. The summed E-state index contributed by atoms with van der Waals surface area (Å²) in [6, 6.07) is 10.2. The molecule has 0 unspecified atom stereocenters. The average molecular weight is 231 g/mol. The van der Waals surface area contributed by atoms with Gasteiger partial charge in [0, 0.05) is 12.4 Å². The van der Waals surface area contributed by atoms with Gasteiger partial charge in [0.15, 0.2) is 0 Å². The summed E-state index contributed by atoms with van der Waals surface area (Å²) in [5.74, 6) is 0.884. The zero-order valence-corrected chi connectivity index (χ0v) is 11.8. The van der Waals surface area contributed by atoms with Crippen LogP contribution in [-0.4, -0.2) is 4.98 Å². The molecule has 0 fully saturated rings. The minimum atomic E-state index is 0.884. The third-order valence-corrected chi connectivity index (χ3v) is 2.37. The summed E-state index contributed by atoms with van der Waals surface area (Å²) >= 11 is 0. The highest BCUT2D eigenvalue weighted by Gasteiger charge is 1.86. The zero-order chi connectivity index (χ0) is 13.1. The van der Waals surface area contributed by atoms with Gasteiger partial charge in [-0.1, -0.05) is 65.3 Å². The van der Waals surface area contributed by atoms with Crippen molar-refractivity contribution in [1.29, 1.82) is 0 Å². The van der Waals surface area contributed by atoms with E-state index in [-0.39, 0.29) is 0 Å². The topological polar surface area (TPSA) is 12.9 Å². The molecule has 2 aromatic rings. The second-order valence-corrected chi connectivity index (χ2v) is 4.02. The molecule has 0 bridgehead atoms. The van der Waals surface area contributed by atoms with E-state index in [2.05, 4.69) is 37.9 Å². The van der Waals surface area contributed by atoms with Crippen LogP contribution >= 0.6 is 0 Å². The molecule has 1 aromatic carbocycles. The van der Waals surface area contributed by atoms with Gasteiger partial charge in [-0.05, 0) is 22.8 Å². The number of hydrogen-bond acceptors (Lipinski definition) is 1. The van der Waals surface area contributed by atoms with Crippen molar-refractivity contribution in [2.75, 3.05) is 0 Å². The monoisotopic (exact) mass is 231 g/mol. The van der Waals surface area contributed by atoms with Crippen molar-refractivity contribution in [2.45, 2.75) is 41.0 Å². The Morgan fingerprint density at radius 1 is 1.00 bits per heavy atom. The first-order valence-electron chi connectivity index (χ1n) is 6.52. The summed E-state index contributed by atoms with van der Waals surface area (Å²) in [6.45, 7) is 10.6. The smallest absolute Gasteiger partial charge is 0.0346 e. The molecule has 0 atom stereocenters. The van der Waals surface area contributed by atoms with Gasteiger partial charge in [0.25, 0.3) is 0 Å². The maximum atomic E-state index is 4.01. The van der Waals surface area contributed by atoms with Gasteiger partial charge < -0.3 is 0 Å². The van der Waals surface area contributed by atoms with Crippen LogP contribution in [0.2, 0.25) is 0 Å². The quantitative estimate of drug-likeness (QED) is 0.648. The Morgan fingerprint density at radius 3 is 2.00 bits per heavy atom. The second-order valence-electron chi connectivity index (χ2n) is 4.02. The molecule has 1 nitrogen and oxygen atoms in total. The van der Waals surface area contributed by atoms with Crippen LogP contribution in [0.25, 0.3) is 10.8 Å². The average Bonchev–Trinajstić information content (AvgIpc) is 2.42. The van der Waals surface area contributed by atoms with E-state index in [1.165, 1.54) is 17.2 Å². The molecule has 17 heavy (non-hydrogen) atoms. The molecular weight excluding hydrogens is 206 g/mol. The van der Waals surface area contributed by atoms with E-state index in [0.717, 1.165) is 5.92 Å².